The zero-order chi connectivity index (χ0) is 22.1. The van der Waals surface area contributed by atoms with Gasteiger partial charge in [0.15, 0.2) is 5.69 Å². The summed E-state index contributed by atoms with van der Waals surface area (Å²) in [5.74, 6) is 4.31. The maximum Gasteiger partial charge on any atom is 0.274 e. The van der Waals surface area contributed by atoms with E-state index in [1.165, 1.54) is 69.5 Å². The quantitative estimate of drug-likeness (QED) is 0.709. The summed E-state index contributed by atoms with van der Waals surface area (Å²) in [6, 6.07) is 1.47. The smallest absolute Gasteiger partial charge is 0.274 e. The summed E-state index contributed by atoms with van der Waals surface area (Å²) in [4.78, 5) is 20.9. The predicted octanol–water partition coefficient (Wildman–Crippen LogP) is 2.96. The van der Waals surface area contributed by atoms with E-state index in [-0.39, 0.29) is 5.91 Å². The molecule has 2 aliphatic heterocycles. The van der Waals surface area contributed by atoms with Gasteiger partial charge in [0.05, 0.1) is 0 Å². The SMILES string of the molecule is Cn1nc(C(=O)N2CCCC2)c2c1CCC(N1CCN(C3C4CC5CC(C4)CC3C5)CC1)C2. The number of aromatic nitrogens is 2. The Morgan fingerprint density at radius 1 is 0.848 bits per heavy atom. The van der Waals surface area contributed by atoms with Gasteiger partial charge in [0.25, 0.3) is 5.91 Å². The third-order valence-electron chi connectivity index (χ3n) is 10.5. The van der Waals surface area contributed by atoms with Crippen molar-refractivity contribution < 1.29 is 4.79 Å². The number of carbonyl (C=O) groups excluding carboxylic acids is 1. The van der Waals surface area contributed by atoms with E-state index < -0.39 is 0 Å². The molecule has 4 bridgehead atoms. The minimum absolute atomic E-state index is 0.178. The maximum atomic E-state index is 13.2. The largest absolute Gasteiger partial charge is 0.337 e. The molecule has 1 aromatic heterocycles. The molecule has 0 aromatic carbocycles. The molecule has 0 N–H and O–H groups in total. The molecule has 3 heterocycles. The average Bonchev–Trinajstić information content (AvgIpc) is 3.47. The normalized spacial score (nSPS) is 38.8. The van der Waals surface area contributed by atoms with Crippen LogP contribution in [-0.4, -0.2) is 81.7 Å². The predicted molar refractivity (Wildman–Crippen MR) is 128 cm³/mol. The van der Waals surface area contributed by atoms with Crippen molar-refractivity contribution in [3.05, 3.63) is 17.0 Å². The van der Waals surface area contributed by atoms with Crippen LogP contribution in [0, 0.1) is 23.7 Å². The fourth-order valence-electron chi connectivity index (χ4n) is 9.22. The topological polar surface area (TPSA) is 44.6 Å². The van der Waals surface area contributed by atoms with Crippen molar-refractivity contribution in [2.45, 2.75) is 76.3 Å². The molecule has 7 aliphatic rings. The van der Waals surface area contributed by atoms with Crippen LogP contribution in [0.5, 0.6) is 0 Å². The van der Waals surface area contributed by atoms with Gasteiger partial charge in [0.2, 0.25) is 0 Å². The lowest BCUT2D eigenvalue weighted by Crippen LogP contribution is -2.61. The van der Waals surface area contributed by atoms with Crippen LogP contribution in [-0.2, 0) is 19.9 Å². The van der Waals surface area contributed by atoms with Crippen molar-refractivity contribution >= 4 is 5.91 Å². The van der Waals surface area contributed by atoms with Gasteiger partial charge >= 0.3 is 0 Å². The summed E-state index contributed by atoms with van der Waals surface area (Å²) in [7, 11) is 2.03. The molecule has 8 rings (SSSR count). The first-order valence-electron chi connectivity index (χ1n) is 14.0. The number of nitrogens with zero attached hydrogens (tertiary/aromatic N) is 5. The molecule has 4 saturated carbocycles. The summed E-state index contributed by atoms with van der Waals surface area (Å²) in [6.07, 6.45) is 13.2. The molecule has 1 atom stereocenters. The van der Waals surface area contributed by atoms with Crippen molar-refractivity contribution in [1.29, 1.82) is 0 Å². The highest BCUT2D eigenvalue weighted by molar-refractivity contribution is 5.94. The molecule has 0 spiro atoms. The minimum Gasteiger partial charge on any atom is -0.337 e. The second-order valence-corrected chi connectivity index (χ2v) is 12.3. The first-order chi connectivity index (χ1) is 16.1. The Labute approximate surface area is 198 Å². The molecule has 2 saturated heterocycles. The van der Waals surface area contributed by atoms with Crippen molar-refractivity contribution in [3.8, 4) is 0 Å². The van der Waals surface area contributed by atoms with Gasteiger partial charge in [-0.05, 0) is 87.9 Å². The van der Waals surface area contributed by atoms with Gasteiger partial charge in [-0.3, -0.25) is 19.3 Å². The van der Waals surface area contributed by atoms with Gasteiger partial charge in [-0.15, -0.1) is 0 Å². The monoisotopic (exact) mass is 451 g/mol. The molecule has 6 nitrogen and oxygen atoms in total. The summed E-state index contributed by atoms with van der Waals surface area (Å²) in [6.45, 7) is 6.73. The summed E-state index contributed by atoms with van der Waals surface area (Å²) in [5, 5.41) is 4.73. The number of hydrogen-bond donors (Lipinski definition) is 0. The van der Waals surface area contributed by atoms with Gasteiger partial charge in [-0.2, -0.15) is 5.10 Å². The van der Waals surface area contributed by atoms with Crippen LogP contribution in [0.1, 0.15) is 73.1 Å². The number of likely N-dealkylation sites (tertiary alicyclic amines) is 1. The van der Waals surface area contributed by atoms with Crippen LogP contribution < -0.4 is 0 Å². The first kappa shape index (κ1) is 20.9. The highest BCUT2D eigenvalue weighted by Gasteiger charge is 2.50. The molecule has 6 heteroatoms. The summed E-state index contributed by atoms with van der Waals surface area (Å²) in [5.41, 5.74) is 3.32. The van der Waals surface area contributed by atoms with Gasteiger partial charge < -0.3 is 4.90 Å². The molecule has 1 amide bonds. The van der Waals surface area contributed by atoms with E-state index in [2.05, 4.69) is 9.80 Å². The van der Waals surface area contributed by atoms with E-state index >= 15 is 0 Å². The van der Waals surface area contributed by atoms with Crippen LogP contribution >= 0.6 is 0 Å². The van der Waals surface area contributed by atoms with E-state index in [0.29, 0.717) is 6.04 Å². The Kier molecular flexibility index (Phi) is 5.13. The Bertz CT molecular complexity index is 882. The fourth-order valence-corrected chi connectivity index (χ4v) is 9.22. The highest BCUT2D eigenvalue weighted by Crippen LogP contribution is 2.55. The van der Waals surface area contributed by atoms with E-state index in [4.69, 9.17) is 5.10 Å². The van der Waals surface area contributed by atoms with Crippen LogP contribution in [0.2, 0.25) is 0 Å². The van der Waals surface area contributed by atoms with Gasteiger partial charge in [-0.25, -0.2) is 0 Å². The zero-order valence-electron chi connectivity index (χ0n) is 20.4. The number of aryl methyl sites for hydroxylation is 1. The Balaban J connectivity index is 1.02. The third-order valence-corrected chi connectivity index (χ3v) is 10.5. The number of fused-ring (bicyclic) bond motifs is 1. The van der Waals surface area contributed by atoms with Crippen LogP contribution in [0.3, 0.4) is 0 Å². The summed E-state index contributed by atoms with van der Waals surface area (Å²) < 4.78 is 2.00. The van der Waals surface area contributed by atoms with Crippen LogP contribution in [0.4, 0.5) is 0 Å². The lowest BCUT2D eigenvalue weighted by atomic mass is 9.54. The standard InChI is InChI=1S/C27H41N5O/c1-29-24-5-4-22(17-23(24)25(28-29)27(33)32-6-2-3-7-32)30-8-10-31(11-9-30)26-20-13-18-12-19(15-20)16-21(26)14-18/h18-22,26H,2-17H2,1H3. The van der Waals surface area contributed by atoms with E-state index in [9.17, 15) is 4.79 Å². The van der Waals surface area contributed by atoms with Crippen molar-refractivity contribution in [3.63, 3.8) is 0 Å². The molecular formula is C27H41N5O. The van der Waals surface area contributed by atoms with E-state index in [1.807, 2.05) is 16.6 Å². The number of rotatable bonds is 3. The molecule has 6 fully saturated rings. The Morgan fingerprint density at radius 3 is 2.15 bits per heavy atom. The van der Waals surface area contributed by atoms with Gasteiger partial charge in [0.1, 0.15) is 0 Å². The van der Waals surface area contributed by atoms with Gasteiger partial charge in [0, 0.05) is 69.7 Å². The zero-order valence-corrected chi connectivity index (χ0v) is 20.4. The van der Waals surface area contributed by atoms with Crippen molar-refractivity contribution in [1.82, 2.24) is 24.5 Å². The van der Waals surface area contributed by atoms with Crippen molar-refractivity contribution in [2.24, 2.45) is 30.7 Å². The average molecular weight is 452 g/mol. The fraction of sp³-hybridized carbons (Fsp3) is 0.852. The number of carbonyl (C=O) groups is 1. The van der Waals surface area contributed by atoms with E-state index in [0.717, 1.165) is 74.2 Å². The Hall–Kier alpha value is -1.40. The molecule has 1 unspecified atom stereocenters. The maximum absolute atomic E-state index is 13.2. The number of hydrogen-bond acceptors (Lipinski definition) is 4. The van der Waals surface area contributed by atoms with Gasteiger partial charge in [-0.1, -0.05) is 0 Å². The van der Waals surface area contributed by atoms with Crippen molar-refractivity contribution in [2.75, 3.05) is 39.3 Å². The molecule has 1 aromatic rings. The lowest BCUT2D eigenvalue weighted by molar-refractivity contribution is -0.0794. The first-order valence-corrected chi connectivity index (χ1v) is 14.0. The molecule has 33 heavy (non-hydrogen) atoms. The van der Waals surface area contributed by atoms with Crippen LogP contribution in [0.15, 0.2) is 0 Å². The molecule has 180 valence electrons. The molecule has 5 aliphatic carbocycles. The Morgan fingerprint density at radius 2 is 1.48 bits per heavy atom. The van der Waals surface area contributed by atoms with Crippen LogP contribution in [0.25, 0.3) is 0 Å². The highest BCUT2D eigenvalue weighted by atomic mass is 16.2. The second-order valence-electron chi connectivity index (χ2n) is 12.3. The summed E-state index contributed by atoms with van der Waals surface area (Å²) >= 11 is 0. The molecular weight excluding hydrogens is 410 g/mol. The minimum atomic E-state index is 0.178. The molecule has 0 radical (unpaired) electrons. The number of amides is 1. The lowest BCUT2D eigenvalue weighted by Gasteiger charge is -2.58. The third kappa shape index (κ3) is 3.50. The van der Waals surface area contributed by atoms with E-state index in [1.54, 1.807) is 6.42 Å². The number of piperazine rings is 1. The second kappa shape index (κ2) is 8.08.